The van der Waals surface area contributed by atoms with Gasteiger partial charge in [-0.1, -0.05) is 23.7 Å². The molecule has 0 bridgehead atoms. The molecule has 0 unspecified atom stereocenters. The van der Waals surface area contributed by atoms with Crippen LogP contribution >= 0.6 is 11.6 Å². The second-order valence-electron chi connectivity index (χ2n) is 5.69. The lowest BCUT2D eigenvalue weighted by atomic mass is 10.1. The van der Waals surface area contributed by atoms with Gasteiger partial charge in [0.05, 0.1) is 0 Å². The van der Waals surface area contributed by atoms with Gasteiger partial charge in [0, 0.05) is 36.7 Å². The van der Waals surface area contributed by atoms with Crippen LogP contribution in [0.2, 0.25) is 5.02 Å². The molecule has 19 heavy (non-hydrogen) atoms. The van der Waals surface area contributed by atoms with E-state index >= 15 is 0 Å². The van der Waals surface area contributed by atoms with Crippen LogP contribution in [0.15, 0.2) is 18.2 Å². The highest BCUT2D eigenvalue weighted by Gasteiger charge is 2.11. The van der Waals surface area contributed by atoms with E-state index in [9.17, 15) is 0 Å². The van der Waals surface area contributed by atoms with Crippen LogP contribution in [0.25, 0.3) is 0 Å². The molecular weight excluding hydrogens is 256 g/mol. The number of nitrogens with one attached hydrogen (secondary N) is 1. The zero-order chi connectivity index (χ0) is 14.4. The molecule has 0 aliphatic heterocycles. The van der Waals surface area contributed by atoms with Gasteiger partial charge in [0.1, 0.15) is 0 Å². The molecular formula is C16H27ClN2. The zero-order valence-electron chi connectivity index (χ0n) is 12.8. The molecule has 0 aromatic heterocycles. The molecule has 0 heterocycles. The van der Waals surface area contributed by atoms with Crippen molar-refractivity contribution in [3.8, 4) is 0 Å². The summed E-state index contributed by atoms with van der Waals surface area (Å²) >= 11 is 6.12. The lowest BCUT2D eigenvalue weighted by Crippen LogP contribution is -2.41. The maximum Gasteiger partial charge on any atom is 0.0438 e. The van der Waals surface area contributed by atoms with Gasteiger partial charge in [-0.05, 0) is 51.8 Å². The van der Waals surface area contributed by atoms with Crippen molar-refractivity contribution in [1.82, 2.24) is 10.2 Å². The first-order valence-corrected chi connectivity index (χ1v) is 7.51. The third-order valence-electron chi connectivity index (χ3n) is 3.44. The topological polar surface area (TPSA) is 15.3 Å². The molecule has 0 radical (unpaired) electrons. The highest BCUT2D eigenvalue weighted by atomic mass is 35.5. The highest BCUT2D eigenvalue weighted by Crippen LogP contribution is 2.16. The minimum atomic E-state index is 0.593. The summed E-state index contributed by atoms with van der Waals surface area (Å²) in [6.45, 7) is 14.0. The van der Waals surface area contributed by atoms with Crippen molar-refractivity contribution in [3.63, 3.8) is 0 Å². The Labute approximate surface area is 123 Å². The van der Waals surface area contributed by atoms with Crippen LogP contribution in [-0.4, -0.2) is 30.1 Å². The van der Waals surface area contributed by atoms with E-state index in [-0.39, 0.29) is 0 Å². The Kier molecular flexibility index (Phi) is 6.84. The molecule has 3 heteroatoms. The molecule has 0 atom stereocenters. The van der Waals surface area contributed by atoms with Crippen molar-refractivity contribution in [2.45, 2.75) is 53.2 Å². The molecule has 1 N–H and O–H groups in total. The molecule has 1 rings (SSSR count). The van der Waals surface area contributed by atoms with Crippen molar-refractivity contribution in [2.24, 2.45) is 0 Å². The van der Waals surface area contributed by atoms with Crippen molar-refractivity contribution >= 4 is 11.6 Å². The Morgan fingerprint density at radius 1 is 1.16 bits per heavy atom. The van der Waals surface area contributed by atoms with E-state index < -0.39 is 0 Å². The summed E-state index contributed by atoms with van der Waals surface area (Å²) in [5.41, 5.74) is 2.38. The average Bonchev–Trinajstić information content (AvgIpc) is 2.32. The maximum atomic E-state index is 6.12. The number of aryl methyl sites for hydroxylation is 1. The predicted octanol–water partition coefficient (Wildman–Crippen LogP) is 3.86. The molecule has 0 saturated heterocycles. The van der Waals surface area contributed by atoms with E-state index in [1.54, 1.807) is 0 Å². The summed E-state index contributed by atoms with van der Waals surface area (Å²) in [5.74, 6) is 0. The Hall–Kier alpha value is -0.570. The minimum absolute atomic E-state index is 0.593. The predicted molar refractivity (Wildman–Crippen MR) is 84.9 cm³/mol. The molecule has 0 amide bonds. The van der Waals surface area contributed by atoms with E-state index in [0.717, 1.165) is 30.2 Å². The van der Waals surface area contributed by atoms with E-state index in [1.165, 1.54) is 5.56 Å². The molecule has 0 fully saturated rings. The largest absolute Gasteiger partial charge is 0.311 e. The van der Waals surface area contributed by atoms with Crippen LogP contribution in [0.4, 0.5) is 0 Å². The number of rotatable bonds is 7. The zero-order valence-corrected chi connectivity index (χ0v) is 13.6. The monoisotopic (exact) mass is 282 g/mol. The van der Waals surface area contributed by atoms with Crippen molar-refractivity contribution in [2.75, 3.05) is 13.1 Å². The van der Waals surface area contributed by atoms with Gasteiger partial charge >= 0.3 is 0 Å². The van der Waals surface area contributed by atoms with Gasteiger partial charge in [0.25, 0.3) is 0 Å². The smallest absolute Gasteiger partial charge is 0.0438 e. The number of hydrogen-bond donors (Lipinski definition) is 1. The molecule has 1 aromatic rings. The molecule has 0 spiro atoms. The van der Waals surface area contributed by atoms with Crippen LogP contribution < -0.4 is 5.32 Å². The van der Waals surface area contributed by atoms with Gasteiger partial charge in [0.2, 0.25) is 0 Å². The molecule has 0 aliphatic rings. The number of benzene rings is 1. The quantitative estimate of drug-likeness (QED) is 0.764. The fourth-order valence-corrected chi connectivity index (χ4v) is 2.50. The third-order valence-corrected chi connectivity index (χ3v) is 3.85. The van der Waals surface area contributed by atoms with Gasteiger partial charge in [-0.3, -0.25) is 4.90 Å². The van der Waals surface area contributed by atoms with Crippen LogP contribution in [0.3, 0.4) is 0 Å². The van der Waals surface area contributed by atoms with Crippen LogP contribution in [0.1, 0.15) is 38.8 Å². The lowest BCUT2D eigenvalue weighted by molar-refractivity contribution is 0.176. The SMILES string of the molecule is Cc1ccc(CNCCN(C(C)C)C(C)C)cc1Cl. The van der Waals surface area contributed by atoms with Gasteiger partial charge in [-0.15, -0.1) is 0 Å². The van der Waals surface area contributed by atoms with Crippen LogP contribution in [0.5, 0.6) is 0 Å². The summed E-state index contributed by atoms with van der Waals surface area (Å²) in [5, 5.41) is 4.34. The van der Waals surface area contributed by atoms with Crippen LogP contribution in [0, 0.1) is 6.92 Å². The number of nitrogens with zero attached hydrogens (tertiary/aromatic N) is 1. The van der Waals surface area contributed by atoms with E-state index in [1.807, 2.05) is 13.0 Å². The Morgan fingerprint density at radius 3 is 2.32 bits per heavy atom. The summed E-state index contributed by atoms with van der Waals surface area (Å²) in [6, 6.07) is 7.45. The van der Waals surface area contributed by atoms with Crippen molar-refractivity contribution < 1.29 is 0 Å². The van der Waals surface area contributed by atoms with Gasteiger partial charge in [-0.2, -0.15) is 0 Å². The average molecular weight is 283 g/mol. The molecule has 0 aliphatic carbocycles. The van der Waals surface area contributed by atoms with Gasteiger partial charge in [0.15, 0.2) is 0 Å². The van der Waals surface area contributed by atoms with E-state index in [4.69, 9.17) is 11.6 Å². The summed E-state index contributed by atoms with van der Waals surface area (Å²) in [7, 11) is 0. The molecule has 108 valence electrons. The first kappa shape index (κ1) is 16.5. The Morgan fingerprint density at radius 2 is 1.79 bits per heavy atom. The Balaban J connectivity index is 2.36. The standard InChI is InChI=1S/C16H27ClN2/c1-12(2)19(13(3)4)9-8-18-11-15-7-6-14(5)16(17)10-15/h6-7,10,12-13,18H,8-9,11H2,1-5H3. The second-order valence-corrected chi connectivity index (χ2v) is 6.09. The lowest BCUT2D eigenvalue weighted by Gasteiger charge is -2.30. The molecule has 2 nitrogen and oxygen atoms in total. The highest BCUT2D eigenvalue weighted by molar-refractivity contribution is 6.31. The summed E-state index contributed by atoms with van der Waals surface area (Å²) in [4.78, 5) is 2.50. The first-order valence-electron chi connectivity index (χ1n) is 7.13. The fraction of sp³-hybridized carbons (Fsp3) is 0.625. The van der Waals surface area contributed by atoms with Crippen molar-refractivity contribution in [3.05, 3.63) is 34.3 Å². The van der Waals surface area contributed by atoms with Crippen molar-refractivity contribution in [1.29, 1.82) is 0 Å². The van der Waals surface area contributed by atoms with Gasteiger partial charge < -0.3 is 5.32 Å². The van der Waals surface area contributed by atoms with E-state index in [0.29, 0.717) is 12.1 Å². The third kappa shape index (κ3) is 5.52. The minimum Gasteiger partial charge on any atom is -0.311 e. The summed E-state index contributed by atoms with van der Waals surface area (Å²) < 4.78 is 0. The second kappa shape index (κ2) is 7.88. The Bertz CT molecular complexity index is 380. The van der Waals surface area contributed by atoms with Gasteiger partial charge in [-0.25, -0.2) is 0 Å². The number of hydrogen-bond acceptors (Lipinski definition) is 2. The molecule has 1 aromatic carbocycles. The first-order chi connectivity index (χ1) is 8.91. The molecule has 0 saturated carbocycles. The normalized spacial score (nSPS) is 11.8. The summed E-state index contributed by atoms with van der Waals surface area (Å²) in [6.07, 6.45) is 0. The maximum absolute atomic E-state index is 6.12. The fourth-order valence-electron chi connectivity index (χ4n) is 2.30. The van der Waals surface area contributed by atoms with E-state index in [2.05, 4.69) is 50.0 Å². The number of halogens is 1. The van der Waals surface area contributed by atoms with Crippen LogP contribution in [-0.2, 0) is 6.54 Å².